The number of sulfonamides is 1. The third kappa shape index (κ3) is 9.59. The SMILES string of the molecule is Cc1ccc(S(=O)(=O)NC(=O)C23C[C@H]2/C=C\CCCCC[C@H](NC(=O)OC(C)(C)C)C(=O)N2CC(n4ncc(-c5ccccc5)c(-c5ccccc5)c4=O)C[C@H]2C(=O)N3)nc1. The van der Waals surface area contributed by atoms with Gasteiger partial charge < -0.3 is 20.3 Å². The molecule has 0 radical (unpaired) electrons. The number of alkyl carbamates (subject to hydrolysis) is 1. The van der Waals surface area contributed by atoms with Gasteiger partial charge in [-0.3, -0.25) is 19.2 Å². The highest BCUT2D eigenvalue weighted by molar-refractivity contribution is 7.90. The lowest BCUT2D eigenvalue weighted by atomic mass is 9.97. The molecule has 61 heavy (non-hydrogen) atoms. The van der Waals surface area contributed by atoms with E-state index < -0.39 is 74.6 Å². The largest absolute Gasteiger partial charge is 0.444 e. The predicted molar refractivity (Wildman–Crippen MR) is 227 cm³/mol. The molecule has 2 aromatic carbocycles. The van der Waals surface area contributed by atoms with Gasteiger partial charge >= 0.3 is 6.09 Å². The zero-order chi connectivity index (χ0) is 43.5. The molecule has 15 nitrogen and oxygen atoms in total. The summed E-state index contributed by atoms with van der Waals surface area (Å²) >= 11 is 0. The summed E-state index contributed by atoms with van der Waals surface area (Å²) in [5, 5.41) is 9.86. The van der Waals surface area contributed by atoms with Crippen molar-refractivity contribution < 1.29 is 32.3 Å². The Morgan fingerprint density at radius 1 is 0.918 bits per heavy atom. The van der Waals surface area contributed by atoms with Crippen molar-refractivity contribution in [1.82, 2.24) is 35.0 Å². The number of amides is 4. The fourth-order valence-electron chi connectivity index (χ4n) is 8.05. The van der Waals surface area contributed by atoms with Crippen LogP contribution in [0.5, 0.6) is 0 Å². The molecule has 16 heteroatoms. The Morgan fingerprint density at radius 3 is 2.30 bits per heavy atom. The first kappa shape index (κ1) is 42.9. The second-order valence-electron chi connectivity index (χ2n) is 17.0. The van der Waals surface area contributed by atoms with Crippen molar-refractivity contribution in [1.29, 1.82) is 0 Å². The van der Waals surface area contributed by atoms with Crippen LogP contribution in [0.1, 0.15) is 77.3 Å². The van der Waals surface area contributed by atoms with Gasteiger partial charge in [0.2, 0.25) is 11.8 Å². The first-order valence-corrected chi connectivity index (χ1v) is 22.1. The molecule has 0 bridgehead atoms. The van der Waals surface area contributed by atoms with Crippen LogP contribution in [0.3, 0.4) is 0 Å². The van der Waals surface area contributed by atoms with Gasteiger partial charge in [0.05, 0.1) is 17.8 Å². The first-order valence-electron chi connectivity index (χ1n) is 20.6. The maximum absolute atomic E-state index is 14.8. The molecular weight excluding hydrogens is 799 g/mol. The quantitative estimate of drug-likeness (QED) is 0.208. The summed E-state index contributed by atoms with van der Waals surface area (Å²) in [4.78, 5) is 76.7. The van der Waals surface area contributed by atoms with E-state index in [1.165, 1.54) is 21.8 Å². The lowest BCUT2D eigenvalue weighted by Gasteiger charge is -2.30. The second-order valence-corrected chi connectivity index (χ2v) is 18.6. The minimum atomic E-state index is -4.43. The van der Waals surface area contributed by atoms with Crippen LogP contribution in [0, 0.1) is 12.8 Å². The number of benzene rings is 2. The van der Waals surface area contributed by atoms with Gasteiger partial charge in [-0.2, -0.15) is 13.5 Å². The van der Waals surface area contributed by atoms with E-state index in [1.807, 2.05) is 72.8 Å². The highest BCUT2D eigenvalue weighted by Gasteiger charge is 2.62. The molecule has 0 spiro atoms. The molecule has 1 saturated carbocycles. The van der Waals surface area contributed by atoms with Gasteiger partial charge in [0.1, 0.15) is 23.2 Å². The molecular formula is C45H51N7O8S. The molecule has 5 atom stereocenters. The number of nitrogens with zero attached hydrogens (tertiary/aromatic N) is 4. The van der Waals surface area contributed by atoms with Crippen LogP contribution in [-0.2, 0) is 29.1 Å². The fraction of sp³-hybridized carbons (Fsp3) is 0.400. The standard InChI is InChI=1S/C45H51N7O8S/c1-29-22-23-37(46-26-29)61(58,59)50-42(56)45-25-32(45)20-14-6-5-7-15-21-35(48-43(57)60-44(2,3)4)40(54)51-28-33(24-36(51)39(53)49-45)52-41(55)38(31-18-12-9-13-19-31)34(27-47-52)30-16-10-8-11-17-30/h8-14,16-20,22-23,26-27,32-33,35-36H,5-7,15,21,24-25,28H2,1-4H3,(H,48,57)(H,49,53)(H,50,56)/b20-14-/t32-,33?,35+,36+,45?/m1/s1. The molecule has 320 valence electrons. The van der Waals surface area contributed by atoms with E-state index in [2.05, 4.69) is 25.4 Å². The van der Waals surface area contributed by atoms with Gasteiger partial charge in [0.15, 0.2) is 5.03 Å². The predicted octanol–water partition coefficient (Wildman–Crippen LogP) is 5.22. The molecule has 2 aliphatic heterocycles. The van der Waals surface area contributed by atoms with Crippen LogP contribution in [0.2, 0.25) is 0 Å². The molecule has 7 rings (SSSR count). The number of aromatic nitrogens is 3. The molecule has 1 aliphatic carbocycles. The topological polar surface area (TPSA) is 199 Å². The van der Waals surface area contributed by atoms with Gasteiger partial charge in [-0.05, 0) is 76.1 Å². The van der Waals surface area contributed by atoms with Gasteiger partial charge in [-0.1, -0.05) is 91.7 Å². The molecule has 4 heterocycles. The number of allylic oxidation sites excluding steroid dienone is 1. The highest BCUT2D eigenvalue weighted by Crippen LogP contribution is 2.46. The van der Waals surface area contributed by atoms with Crippen molar-refractivity contribution >= 4 is 33.8 Å². The number of hydrogen-bond donors (Lipinski definition) is 3. The summed E-state index contributed by atoms with van der Waals surface area (Å²) in [5.41, 5.74) is 0.195. The van der Waals surface area contributed by atoms with E-state index in [9.17, 15) is 32.4 Å². The maximum atomic E-state index is 14.8. The number of fused-ring (bicyclic) bond motifs is 2. The molecule has 4 amide bonds. The van der Waals surface area contributed by atoms with E-state index in [1.54, 1.807) is 40.0 Å². The van der Waals surface area contributed by atoms with Gasteiger partial charge in [0, 0.05) is 30.6 Å². The third-order valence-corrected chi connectivity index (χ3v) is 12.5. The zero-order valence-corrected chi connectivity index (χ0v) is 35.5. The number of carbonyl (C=O) groups excluding carboxylic acids is 4. The van der Waals surface area contributed by atoms with Crippen molar-refractivity contribution in [2.75, 3.05) is 6.54 Å². The molecule has 3 aliphatic rings. The smallest absolute Gasteiger partial charge is 0.408 e. The van der Waals surface area contributed by atoms with Gasteiger partial charge in [-0.25, -0.2) is 19.2 Å². The molecule has 2 unspecified atom stereocenters. The van der Waals surface area contributed by atoms with Crippen LogP contribution in [0.15, 0.2) is 107 Å². The average molecular weight is 850 g/mol. The summed E-state index contributed by atoms with van der Waals surface area (Å²) in [7, 11) is -4.43. The highest BCUT2D eigenvalue weighted by atomic mass is 32.2. The van der Waals surface area contributed by atoms with Crippen molar-refractivity contribution in [3.05, 3.63) is 113 Å². The van der Waals surface area contributed by atoms with Crippen molar-refractivity contribution in [3.8, 4) is 22.3 Å². The van der Waals surface area contributed by atoms with E-state index >= 15 is 0 Å². The molecule has 1 saturated heterocycles. The van der Waals surface area contributed by atoms with Crippen LogP contribution in [0.25, 0.3) is 22.3 Å². The van der Waals surface area contributed by atoms with Crippen LogP contribution in [0.4, 0.5) is 4.79 Å². The van der Waals surface area contributed by atoms with Gasteiger partial charge in [0.25, 0.3) is 21.5 Å². The minimum Gasteiger partial charge on any atom is -0.444 e. The summed E-state index contributed by atoms with van der Waals surface area (Å²) in [5.74, 6) is -2.79. The Kier molecular flexibility index (Phi) is 12.3. The minimum absolute atomic E-state index is 0.0770. The molecule has 3 N–H and O–H groups in total. The Balaban J connectivity index is 1.27. The number of nitrogens with one attached hydrogen (secondary N) is 3. The zero-order valence-electron chi connectivity index (χ0n) is 34.7. The second kappa shape index (κ2) is 17.4. The van der Waals surface area contributed by atoms with Crippen LogP contribution < -0.4 is 20.9 Å². The Morgan fingerprint density at radius 2 is 1.62 bits per heavy atom. The lowest BCUT2D eigenvalue weighted by Crippen LogP contribution is -2.58. The normalized spacial score (nSPS) is 23.9. The number of carbonyl (C=O) groups is 4. The van der Waals surface area contributed by atoms with Crippen LogP contribution >= 0.6 is 0 Å². The van der Waals surface area contributed by atoms with Gasteiger partial charge in [-0.15, -0.1) is 0 Å². The van der Waals surface area contributed by atoms with E-state index in [0.29, 0.717) is 36.0 Å². The van der Waals surface area contributed by atoms with Crippen LogP contribution in [-0.4, -0.2) is 81.7 Å². The maximum Gasteiger partial charge on any atom is 0.408 e. The number of pyridine rings is 1. The molecule has 2 aromatic heterocycles. The number of aryl methyl sites for hydroxylation is 1. The summed E-state index contributed by atoms with van der Waals surface area (Å²) in [6.45, 7) is 6.74. The van der Waals surface area contributed by atoms with Crippen molar-refractivity contribution in [2.24, 2.45) is 5.92 Å². The van der Waals surface area contributed by atoms with Crippen molar-refractivity contribution in [2.45, 2.75) is 107 Å². The van der Waals surface area contributed by atoms with E-state index in [0.717, 1.165) is 17.5 Å². The first-order chi connectivity index (χ1) is 29.1. The Bertz CT molecular complexity index is 2490. The van der Waals surface area contributed by atoms with Crippen molar-refractivity contribution in [3.63, 3.8) is 0 Å². The number of ether oxygens (including phenoxy) is 1. The molecule has 2 fully saturated rings. The summed E-state index contributed by atoms with van der Waals surface area (Å²) < 4.78 is 35.7. The summed E-state index contributed by atoms with van der Waals surface area (Å²) in [6.07, 6.45) is 8.82. The monoisotopic (exact) mass is 849 g/mol. The Hall–Kier alpha value is -6.16. The number of hydrogen-bond acceptors (Lipinski definition) is 10. The van der Waals surface area contributed by atoms with E-state index in [4.69, 9.17) is 4.74 Å². The molecule has 4 aromatic rings. The van der Waals surface area contributed by atoms with E-state index in [-0.39, 0.29) is 30.8 Å². The lowest BCUT2D eigenvalue weighted by molar-refractivity contribution is -0.141. The fourth-order valence-corrected chi connectivity index (χ4v) is 9.02. The summed E-state index contributed by atoms with van der Waals surface area (Å²) in [6, 6.07) is 18.2. The third-order valence-electron chi connectivity index (χ3n) is 11.2. The average Bonchev–Trinajstić information content (AvgIpc) is 3.73. The number of rotatable bonds is 7. The Labute approximate surface area is 355 Å².